The van der Waals surface area contributed by atoms with Gasteiger partial charge in [0.25, 0.3) is 0 Å². The Morgan fingerprint density at radius 2 is 2.06 bits per heavy atom. The second-order valence-electron chi connectivity index (χ2n) is 5.75. The van der Waals surface area contributed by atoms with Crippen molar-refractivity contribution in [1.29, 1.82) is 0 Å². The molecule has 17 heavy (non-hydrogen) atoms. The molecule has 0 aliphatic heterocycles. The van der Waals surface area contributed by atoms with Crippen molar-refractivity contribution in [3.8, 4) is 0 Å². The summed E-state index contributed by atoms with van der Waals surface area (Å²) in [5.41, 5.74) is 0.378. The Hall–Kier alpha value is -0.970. The summed E-state index contributed by atoms with van der Waals surface area (Å²) in [6.45, 7) is 9.94. The molecular formula is C12H25N5. The maximum Gasteiger partial charge on any atom is 0.176 e. The molecule has 0 aliphatic carbocycles. The second kappa shape index (κ2) is 6.10. The Kier molecular flexibility index (Phi) is 5.05. The Labute approximate surface area is 104 Å². The van der Waals surface area contributed by atoms with Crippen molar-refractivity contribution in [2.24, 2.45) is 12.5 Å². The molecule has 0 bridgehead atoms. The fraction of sp³-hybridized carbons (Fsp3) is 0.917. The molecule has 5 nitrogen and oxygen atoms in total. The van der Waals surface area contributed by atoms with Crippen LogP contribution in [0.25, 0.3) is 0 Å². The predicted octanol–water partition coefficient (Wildman–Crippen LogP) is 1.56. The smallest absolute Gasteiger partial charge is 0.176 e. The largest absolute Gasteiger partial charge is 0.314 e. The van der Waals surface area contributed by atoms with Crippen LogP contribution >= 0.6 is 0 Å². The van der Waals surface area contributed by atoms with E-state index in [9.17, 15) is 0 Å². The van der Waals surface area contributed by atoms with Crippen LogP contribution in [0.2, 0.25) is 0 Å². The van der Waals surface area contributed by atoms with Crippen LogP contribution < -0.4 is 5.32 Å². The average Bonchev–Trinajstić information content (AvgIpc) is 2.60. The first-order valence-electron chi connectivity index (χ1n) is 6.37. The molecule has 0 aromatic carbocycles. The summed E-state index contributed by atoms with van der Waals surface area (Å²) < 4.78 is 0. The number of rotatable bonds is 6. The molecule has 1 aromatic heterocycles. The minimum Gasteiger partial charge on any atom is -0.314 e. The van der Waals surface area contributed by atoms with Gasteiger partial charge in [0.1, 0.15) is 0 Å². The van der Waals surface area contributed by atoms with Crippen molar-refractivity contribution in [3.63, 3.8) is 0 Å². The quantitative estimate of drug-likeness (QED) is 0.818. The molecule has 1 atom stereocenters. The molecule has 5 heteroatoms. The molecule has 0 amide bonds. The van der Waals surface area contributed by atoms with E-state index < -0.39 is 0 Å². The summed E-state index contributed by atoms with van der Waals surface area (Å²) in [6.07, 6.45) is 3.21. The number of tetrazole rings is 1. The van der Waals surface area contributed by atoms with Gasteiger partial charge >= 0.3 is 0 Å². The van der Waals surface area contributed by atoms with E-state index in [1.54, 1.807) is 7.05 Å². The van der Waals surface area contributed by atoms with E-state index in [2.05, 4.69) is 48.4 Å². The van der Waals surface area contributed by atoms with Crippen LogP contribution in [0.3, 0.4) is 0 Å². The van der Waals surface area contributed by atoms with Crippen molar-refractivity contribution in [2.45, 2.75) is 53.0 Å². The minimum atomic E-state index is 0.378. The number of likely N-dealkylation sites (N-methyl/N-ethyl adjacent to an activating group) is 1. The molecule has 1 rings (SSSR count). The number of nitrogens with zero attached hydrogens (tertiary/aromatic N) is 4. The molecule has 0 fully saturated rings. The van der Waals surface area contributed by atoms with Gasteiger partial charge in [0, 0.05) is 12.5 Å². The minimum absolute atomic E-state index is 0.378. The Bertz CT molecular complexity index is 326. The van der Waals surface area contributed by atoms with Crippen LogP contribution in [-0.4, -0.2) is 32.8 Å². The third kappa shape index (κ3) is 5.77. The van der Waals surface area contributed by atoms with Gasteiger partial charge in [-0.2, -0.15) is 4.80 Å². The van der Waals surface area contributed by atoms with Gasteiger partial charge in [-0.15, -0.1) is 10.2 Å². The third-order valence-electron chi connectivity index (χ3n) is 2.71. The normalized spacial score (nSPS) is 13.9. The standard InChI is InChI=1S/C12H25N5/c1-6-13-10(7-8-12(2,3)4)9-11-14-16-17(5)15-11/h10,13H,6-9H2,1-5H3. The number of aromatic nitrogens is 4. The number of hydrogen-bond donors (Lipinski definition) is 1. The first-order valence-corrected chi connectivity index (χ1v) is 6.37. The van der Waals surface area contributed by atoms with Crippen molar-refractivity contribution < 1.29 is 0 Å². The molecule has 1 heterocycles. The Morgan fingerprint density at radius 1 is 1.35 bits per heavy atom. The van der Waals surface area contributed by atoms with Gasteiger partial charge in [0.15, 0.2) is 5.82 Å². The van der Waals surface area contributed by atoms with Gasteiger partial charge in [-0.25, -0.2) is 0 Å². The highest BCUT2D eigenvalue weighted by atomic mass is 15.6. The molecule has 98 valence electrons. The lowest BCUT2D eigenvalue weighted by Crippen LogP contribution is -2.32. The van der Waals surface area contributed by atoms with Crippen LogP contribution in [0.4, 0.5) is 0 Å². The second-order valence-corrected chi connectivity index (χ2v) is 5.75. The van der Waals surface area contributed by atoms with Crippen molar-refractivity contribution in [3.05, 3.63) is 5.82 Å². The molecule has 0 radical (unpaired) electrons. The monoisotopic (exact) mass is 239 g/mol. The van der Waals surface area contributed by atoms with E-state index in [1.807, 2.05) is 0 Å². The molecular weight excluding hydrogens is 214 g/mol. The van der Waals surface area contributed by atoms with Crippen molar-refractivity contribution >= 4 is 0 Å². The molecule has 0 spiro atoms. The summed E-state index contributed by atoms with van der Waals surface area (Å²) in [4.78, 5) is 1.52. The van der Waals surface area contributed by atoms with E-state index in [0.717, 1.165) is 25.2 Å². The third-order valence-corrected chi connectivity index (χ3v) is 2.71. The highest BCUT2D eigenvalue weighted by Gasteiger charge is 2.16. The predicted molar refractivity (Wildman–Crippen MR) is 68.7 cm³/mol. The van der Waals surface area contributed by atoms with Crippen molar-refractivity contribution in [2.75, 3.05) is 6.54 Å². The van der Waals surface area contributed by atoms with Gasteiger partial charge in [-0.1, -0.05) is 27.7 Å². The van der Waals surface area contributed by atoms with Crippen LogP contribution in [-0.2, 0) is 13.5 Å². The molecule has 0 saturated heterocycles. The van der Waals surface area contributed by atoms with Gasteiger partial charge in [0.2, 0.25) is 0 Å². The van der Waals surface area contributed by atoms with E-state index in [1.165, 1.54) is 11.2 Å². The lowest BCUT2D eigenvalue weighted by atomic mass is 9.88. The zero-order chi connectivity index (χ0) is 12.9. The summed E-state index contributed by atoms with van der Waals surface area (Å²) >= 11 is 0. The summed E-state index contributed by atoms with van der Waals surface area (Å²) in [5, 5.41) is 15.6. The van der Waals surface area contributed by atoms with Gasteiger partial charge in [-0.3, -0.25) is 0 Å². The van der Waals surface area contributed by atoms with E-state index >= 15 is 0 Å². The highest BCUT2D eigenvalue weighted by Crippen LogP contribution is 2.22. The first-order chi connectivity index (χ1) is 7.90. The van der Waals surface area contributed by atoms with E-state index in [-0.39, 0.29) is 0 Å². The van der Waals surface area contributed by atoms with E-state index in [4.69, 9.17) is 0 Å². The summed E-state index contributed by atoms with van der Waals surface area (Å²) in [6, 6.07) is 0.448. The zero-order valence-electron chi connectivity index (χ0n) is 11.7. The van der Waals surface area contributed by atoms with Crippen LogP contribution in [0.1, 0.15) is 46.4 Å². The molecule has 1 unspecified atom stereocenters. The molecule has 1 aromatic rings. The van der Waals surface area contributed by atoms with Gasteiger partial charge in [-0.05, 0) is 30.0 Å². The van der Waals surface area contributed by atoms with Gasteiger partial charge in [0.05, 0.1) is 7.05 Å². The first kappa shape index (κ1) is 14.1. The number of hydrogen-bond acceptors (Lipinski definition) is 4. The molecule has 1 N–H and O–H groups in total. The fourth-order valence-electron chi connectivity index (χ4n) is 1.80. The Balaban J connectivity index is 2.48. The summed E-state index contributed by atoms with van der Waals surface area (Å²) in [7, 11) is 1.80. The highest BCUT2D eigenvalue weighted by molar-refractivity contribution is 4.85. The van der Waals surface area contributed by atoms with Crippen molar-refractivity contribution in [1.82, 2.24) is 25.5 Å². The topological polar surface area (TPSA) is 55.6 Å². The average molecular weight is 239 g/mol. The van der Waals surface area contributed by atoms with Crippen LogP contribution in [0, 0.1) is 5.41 Å². The van der Waals surface area contributed by atoms with Crippen LogP contribution in [0.15, 0.2) is 0 Å². The van der Waals surface area contributed by atoms with E-state index in [0.29, 0.717) is 11.5 Å². The lowest BCUT2D eigenvalue weighted by molar-refractivity contribution is 0.328. The SMILES string of the molecule is CCNC(CCC(C)(C)C)Cc1nnn(C)n1. The summed E-state index contributed by atoms with van der Waals surface area (Å²) in [5.74, 6) is 0.826. The number of nitrogens with one attached hydrogen (secondary N) is 1. The Morgan fingerprint density at radius 3 is 2.53 bits per heavy atom. The number of aryl methyl sites for hydroxylation is 1. The van der Waals surface area contributed by atoms with Gasteiger partial charge < -0.3 is 5.32 Å². The molecule has 0 saturated carbocycles. The zero-order valence-corrected chi connectivity index (χ0v) is 11.7. The maximum atomic E-state index is 4.23. The maximum absolute atomic E-state index is 4.23. The fourth-order valence-corrected chi connectivity index (χ4v) is 1.80. The lowest BCUT2D eigenvalue weighted by Gasteiger charge is -2.23. The molecule has 0 aliphatic rings. The van der Waals surface area contributed by atoms with Crippen LogP contribution in [0.5, 0.6) is 0 Å².